The van der Waals surface area contributed by atoms with Gasteiger partial charge >= 0.3 is 11.9 Å². The number of methoxy groups -OCH3 is 1. The molecule has 0 saturated carbocycles. The van der Waals surface area contributed by atoms with Gasteiger partial charge in [0.05, 0.1) is 12.6 Å². The average molecular weight is 307 g/mol. The number of aryl methyl sites for hydroxylation is 1. The number of halogens is 1. The van der Waals surface area contributed by atoms with Crippen molar-refractivity contribution in [3.63, 3.8) is 0 Å². The van der Waals surface area contributed by atoms with E-state index in [1.54, 1.807) is 7.05 Å². The molecule has 0 atom stereocenters. The van der Waals surface area contributed by atoms with Gasteiger partial charge in [0.1, 0.15) is 30.8 Å². The van der Waals surface area contributed by atoms with E-state index in [9.17, 15) is 18.8 Å². The number of hydrogen-bond acceptors (Lipinski definition) is 5. The van der Waals surface area contributed by atoms with E-state index >= 15 is 0 Å². The molecule has 0 N–H and O–H groups in total. The maximum absolute atomic E-state index is 13.4. The number of esters is 2. The van der Waals surface area contributed by atoms with Crippen LogP contribution in [0, 0.1) is 5.82 Å². The molecule has 6 nitrogen and oxygen atoms in total. The van der Waals surface area contributed by atoms with Gasteiger partial charge in [-0.15, -0.1) is 0 Å². The number of fused-ring (bicyclic) bond motifs is 1. The monoisotopic (exact) mass is 307 g/mol. The maximum atomic E-state index is 13.4. The fraction of sp³-hybridized carbons (Fsp3) is 0.267. The van der Waals surface area contributed by atoms with Crippen molar-refractivity contribution in [1.82, 2.24) is 4.57 Å². The SMILES string of the molecule is COC(=O)c1c(COC(=O)CC=O)c2ccc(F)cc2n1C. The molecule has 0 aliphatic carbocycles. The standard InChI is InChI=1S/C15H14FNO5/c1-17-12-7-9(16)3-4-10(12)11(14(17)15(20)21-2)8-22-13(19)5-6-18/h3-4,6-7H,5,8H2,1-2H3. The van der Waals surface area contributed by atoms with Crippen LogP contribution in [0.2, 0.25) is 0 Å². The zero-order chi connectivity index (χ0) is 16.3. The summed E-state index contributed by atoms with van der Waals surface area (Å²) in [5.41, 5.74) is 1.05. The summed E-state index contributed by atoms with van der Waals surface area (Å²) in [5.74, 6) is -1.78. The molecule has 0 spiro atoms. The molecule has 0 bridgehead atoms. The normalized spacial score (nSPS) is 10.5. The summed E-state index contributed by atoms with van der Waals surface area (Å²) in [7, 11) is 2.81. The van der Waals surface area contributed by atoms with Gasteiger partial charge in [-0.25, -0.2) is 9.18 Å². The third kappa shape index (κ3) is 2.83. The van der Waals surface area contributed by atoms with Crippen molar-refractivity contribution >= 4 is 29.1 Å². The molecule has 0 radical (unpaired) electrons. The van der Waals surface area contributed by atoms with Crippen LogP contribution >= 0.6 is 0 Å². The Morgan fingerprint density at radius 2 is 2.09 bits per heavy atom. The van der Waals surface area contributed by atoms with Gasteiger partial charge in [-0.05, 0) is 18.2 Å². The number of hydrogen-bond donors (Lipinski definition) is 0. The number of carbonyl (C=O) groups is 3. The first-order chi connectivity index (χ1) is 10.5. The van der Waals surface area contributed by atoms with Crippen LogP contribution in [-0.2, 0) is 32.7 Å². The fourth-order valence-electron chi connectivity index (χ4n) is 2.27. The molecule has 2 aromatic rings. The lowest BCUT2D eigenvalue weighted by Crippen LogP contribution is -2.12. The van der Waals surface area contributed by atoms with Crippen LogP contribution < -0.4 is 0 Å². The lowest BCUT2D eigenvalue weighted by Gasteiger charge is -2.06. The highest BCUT2D eigenvalue weighted by Crippen LogP contribution is 2.27. The van der Waals surface area contributed by atoms with Gasteiger partial charge in [0.2, 0.25) is 0 Å². The molecule has 1 aromatic carbocycles. The minimum absolute atomic E-state index is 0.169. The Hall–Kier alpha value is -2.70. The number of benzene rings is 1. The van der Waals surface area contributed by atoms with E-state index in [-0.39, 0.29) is 18.7 Å². The van der Waals surface area contributed by atoms with E-state index in [0.717, 1.165) is 0 Å². The topological polar surface area (TPSA) is 74.6 Å². The second kappa shape index (κ2) is 6.38. The van der Waals surface area contributed by atoms with Gasteiger partial charge < -0.3 is 18.8 Å². The largest absolute Gasteiger partial charge is 0.464 e. The Bertz CT molecular complexity index is 750. The molecular weight excluding hydrogens is 293 g/mol. The van der Waals surface area contributed by atoms with Crippen LogP contribution in [0.4, 0.5) is 4.39 Å². The van der Waals surface area contributed by atoms with Crippen molar-refractivity contribution in [3.8, 4) is 0 Å². The zero-order valence-corrected chi connectivity index (χ0v) is 12.1. The van der Waals surface area contributed by atoms with Gasteiger partial charge in [0, 0.05) is 18.0 Å². The van der Waals surface area contributed by atoms with Crippen LogP contribution in [0.5, 0.6) is 0 Å². The molecule has 7 heteroatoms. The van der Waals surface area contributed by atoms with Crippen LogP contribution in [0.3, 0.4) is 0 Å². The number of aldehydes is 1. The van der Waals surface area contributed by atoms with Gasteiger partial charge in [-0.2, -0.15) is 0 Å². The van der Waals surface area contributed by atoms with E-state index in [0.29, 0.717) is 22.8 Å². The summed E-state index contributed by atoms with van der Waals surface area (Å²) < 4.78 is 24.6. The molecular formula is C15H14FNO5. The third-order valence-corrected chi connectivity index (χ3v) is 3.27. The lowest BCUT2D eigenvalue weighted by atomic mass is 10.1. The second-order valence-corrected chi connectivity index (χ2v) is 4.57. The van der Waals surface area contributed by atoms with Crippen molar-refractivity contribution in [1.29, 1.82) is 0 Å². The lowest BCUT2D eigenvalue weighted by molar-refractivity contribution is -0.145. The van der Waals surface area contributed by atoms with E-state index in [2.05, 4.69) is 0 Å². The quantitative estimate of drug-likeness (QED) is 0.478. The molecule has 0 aliphatic heterocycles. The van der Waals surface area contributed by atoms with Gasteiger partial charge in [-0.3, -0.25) is 4.79 Å². The summed E-state index contributed by atoms with van der Waals surface area (Å²) in [6.07, 6.45) is 0.0645. The molecule has 116 valence electrons. The first kappa shape index (κ1) is 15.7. The van der Waals surface area contributed by atoms with Crippen molar-refractivity contribution < 1.29 is 28.2 Å². The third-order valence-electron chi connectivity index (χ3n) is 3.27. The predicted molar refractivity (Wildman–Crippen MR) is 74.7 cm³/mol. The van der Waals surface area contributed by atoms with Gasteiger partial charge in [-0.1, -0.05) is 0 Å². The highest BCUT2D eigenvalue weighted by atomic mass is 19.1. The first-order valence-corrected chi connectivity index (χ1v) is 6.44. The fourth-order valence-corrected chi connectivity index (χ4v) is 2.27. The molecule has 1 heterocycles. The molecule has 0 fully saturated rings. The molecule has 2 rings (SSSR count). The van der Waals surface area contributed by atoms with E-state index in [1.165, 1.54) is 29.9 Å². The Morgan fingerprint density at radius 1 is 1.36 bits per heavy atom. The molecule has 0 saturated heterocycles. The number of ether oxygens (including phenoxy) is 2. The van der Waals surface area contributed by atoms with Gasteiger partial charge in [0.25, 0.3) is 0 Å². The summed E-state index contributed by atoms with van der Waals surface area (Å²) in [6.45, 7) is -0.208. The summed E-state index contributed by atoms with van der Waals surface area (Å²) in [5, 5.41) is 0.572. The van der Waals surface area contributed by atoms with E-state index in [1.807, 2.05) is 0 Å². The van der Waals surface area contributed by atoms with Crippen LogP contribution in [0.1, 0.15) is 22.5 Å². The minimum Gasteiger partial charge on any atom is -0.464 e. The first-order valence-electron chi connectivity index (χ1n) is 6.44. The number of rotatable bonds is 5. The van der Waals surface area contributed by atoms with Crippen molar-refractivity contribution in [2.24, 2.45) is 7.05 Å². The molecule has 0 amide bonds. The zero-order valence-electron chi connectivity index (χ0n) is 12.1. The van der Waals surface area contributed by atoms with Crippen molar-refractivity contribution in [2.45, 2.75) is 13.0 Å². The molecule has 22 heavy (non-hydrogen) atoms. The van der Waals surface area contributed by atoms with Crippen LogP contribution in [0.15, 0.2) is 18.2 Å². The smallest absolute Gasteiger partial charge is 0.355 e. The number of nitrogens with zero attached hydrogens (tertiary/aromatic N) is 1. The number of carbonyl (C=O) groups excluding carboxylic acids is 3. The average Bonchev–Trinajstić information content (AvgIpc) is 2.77. The summed E-state index contributed by atoms with van der Waals surface area (Å²) >= 11 is 0. The maximum Gasteiger partial charge on any atom is 0.355 e. The van der Waals surface area contributed by atoms with Crippen LogP contribution in [0.25, 0.3) is 10.9 Å². The predicted octanol–water partition coefficient (Wildman–Crippen LogP) is 1.74. The second-order valence-electron chi connectivity index (χ2n) is 4.57. The Balaban J connectivity index is 2.51. The van der Waals surface area contributed by atoms with E-state index in [4.69, 9.17) is 9.47 Å². The Morgan fingerprint density at radius 3 is 2.73 bits per heavy atom. The van der Waals surface area contributed by atoms with Crippen molar-refractivity contribution in [3.05, 3.63) is 35.3 Å². The number of aromatic nitrogens is 1. The summed E-state index contributed by atoms with van der Waals surface area (Å²) in [4.78, 5) is 33.6. The Labute approximate surface area is 125 Å². The Kier molecular flexibility index (Phi) is 4.55. The minimum atomic E-state index is -0.704. The highest BCUT2D eigenvalue weighted by molar-refractivity contribution is 5.99. The molecule has 1 aromatic heterocycles. The van der Waals surface area contributed by atoms with Crippen molar-refractivity contribution in [2.75, 3.05) is 7.11 Å². The molecule has 0 unspecified atom stereocenters. The van der Waals surface area contributed by atoms with E-state index < -0.39 is 17.8 Å². The summed E-state index contributed by atoms with van der Waals surface area (Å²) in [6, 6.07) is 4.03. The van der Waals surface area contributed by atoms with Gasteiger partial charge in [0.15, 0.2) is 0 Å². The van der Waals surface area contributed by atoms with Crippen LogP contribution in [-0.4, -0.2) is 29.9 Å². The highest BCUT2D eigenvalue weighted by Gasteiger charge is 2.23. The molecule has 0 aliphatic rings.